The van der Waals surface area contributed by atoms with Crippen molar-refractivity contribution in [3.8, 4) is 0 Å². The Morgan fingerprint density at radius 3 is 2.80 bits per heavy atom. The first-order chi connectivity index (χ1) is 9.58. The molecule has 0 aromatic heterocycles. The van der Waals surface area contributed by atoms with Gasteiger partial charge in [-0.05, 0) is 51.6 Å². The lowest BCUT2D eigenvalue weighted by molar-refractivity contribution is 0.0770. The Bertz CT molecular complexity index is 371. The van der Waals surface area contributed by atoms with E-state index in [-0.39, 0.29) is 5.82 Å². The minimum Gasteiger partial charge on any atom is -0.379 e. The monoisotopic (exact) mass is 282 g/mol. The number of ether oxygens (including phenoxy) is 1. The van der Waals surface area contributed by atoms with Crippen molar-refractivity contribution in [2.45, 2.75) is 32.9 Å². The van der Waals surface area contributed by atoms with Gasteiger partial charge in [0.05, 0.1) is 6.10 Å². The van der Waals surface area contributed by atoms with Crippen molar-refractivity contribution in [3.05, 3.63) is 35.6 Å². The van der Waals surface area contributed by atoms with Crippen LogP contribution in [0.4, 0.5) is 4.39 Å². The van der Waals surface area contributed by atoms with Crippen molar-refractivity contribution in [2.75, 3.05) is 33.3 Å². The smallest absolute Gasteiger partial charge is 0.123 e. The van der Waals surface area contributed by atoms with Gasteiger partial charge in [-0.2, -0.15) is 0 Å². The van der Waals surface area contributed by atoms with Gasteiger partial charge < -0.3 is 15.0 Å². The highest BCUT2D eigenvalue weighted by molar-refractivity contribution is 5.15. The minimum atomic E-state index is -0.167. The summed E-state index contributed by atoms with van der Waals surface area (Å²) in [6.07, 6.45) is 1.35. The van der Waals surface area contributed by atoms with E-state index in [1.807, 2.05) is 6.07 Å². The van der Waals surface area contributed by atoms with Crippen LogP contribution in [0.25, 0.3) is 0 Å². The number of nitrogens with zero attached hydrogens (tertiary/aromatic N) is 1. The quantitative estimate of drug-likeness (QED) is 0.668. The van der Waals surface area contributed by atoms with Crippen LogP contribution in [0.5, 0.6) is 0 Å². The Labute approximate surface area is 122 Å². The third-order valence-corrected chi connectivity index (χ3v) is 2.96. The first-order valence-corrected chi connectivity index (χ1v) is 7.33. The highest BCUT2D eigenvalue weighted by atomic mass is 19.1. The highest BCUT2D eigenvalue weighted by Crippen LogP contribution is 2.05. The summed E-state index contributed by atoms with van der Waals surface area (Å²) in [6, 6.07) is 6.78. The summed E-state index contributed by atoms with van der Waals surface area (Å²) in [4.78, 5) is 2.19. The number of benzene rings is 1. The molecule has 0 bridgehead atoms. The predicted molar refractivity (Wildman–Crippen MR) is 81.3 cm³/mol. The van der Waals surface area contributed by atoms with Crippen molar-refractivity contribution in [1.29, 1.82) is 0 Å². The number of nitrogens with one attached hydrogen (secondary N) is 1. The summed E-state index contributed by atoms with van der Waals surface area (Å²) in [5, 5.41) is 3.39. The Kier molecular flexibility index (Phi) is 8.42. The number of hydrogen-bond acceptors (Lipinski definition) is 3. The molecule has 0 spiro atoms. The molecule has 1 N–H and O–H groups in total. The third-order valence-electron chi connectivity index (χ3n) is 2.96. The molecule has 1 aromatic carbocycles. The average molecular weight is 282 g/mol. The molecule has 0 aliphatic carbocycles. The fourth-order valence-electron chi connectivity index (χ4n) is 1.94. The fourth-order valence-corrected chi connectivity index (χ4v) is 1.94. The summed E-state index contributed by atoms with van der Waals surface area (Å²) in [5.74, 6) is -0.167. The molecule has 0 aliphatic heterocycles. The molecule has 0 aliphatic rings. The van der Waals surface area contributed by atoms with Crippen LogP contribution in [0.15, 0.2) is 24.3 Å². The van der Waals surface area contributed by atoms with Gasteiger partial charge in [0, 0.05) is 26.2 Å². The van der Waals surface area contributed by atoms with Crippen LogP contribution in [0.3, 0.4) is 0 Å². The van der Waals surface area contributed by atoms with Gasteiger partial charge in [0.1, 0.15) is 5.82 Å². The highest BCUT2D eigenvalue weighted by Gasteiger charge is 2.01. The summed E-state index contributed by atoms with van der Waals surface area (Å²) in [6.45, 7) is 8.54. The normalized spacial score (nSPS) is 11.5. The fraction of sp³-hybridized carbons (Fsp3) is 0.625. The van der Waals surface area contributed by atoms with Gasteiger partial charge in [-0.1, -0.05) is 12.1 Å². The summed E-state index contributed by atoms with van der Waals surface area (Å²) < 4.78 is 18.5. The van der Waals surface area contributed by atoms with E-state index in [9.17, 15) is 4.39 Å². The minimum absolute atomic E-state index is 0.167. The zero-order chi connectivity index (χ0) is 14.8. The molecule has 4 heteroatoms. The van der Waals surface area contributed by atoms with Crippen LogP contribution in [0.1, 0.15) is 25.8 Å². The number of halogens is 1. The maximum absolute atomic E-state index is 13.1. The van der Waals surface area contributed by atoms with Gasteiger partial charge in [0.25, 0.3) is 0 Å². The Morgan fingerprint density at radius 1 is 1.30 bits per heavy atom. The second-order valence-corrected chi connectivity index (χ2v) is 5.39. The van der Waals surface area contributed by atoms with E-state index < -0.39 is 0 Å². The lowest BCUT2D eigenvalue weighted by atomic mass is 10.2. The van der Waals surface area contributed by atoms with Crippen LogP contribution in [0, 0.1) is 5.82 Å². The van der Waals surface area contributed by atoms with Crippen molar-refractivity contribution >= 4 is 0 Å². The maximum Gasteiger partial charge on any atom is 0.123 e. The van der Waals surface area contributed by atoms with Crippen LogP contribution in [0.2, 0.25) is 0 Å². The van der Waals surface area contributed by atoms with E-state index in [1.165, 1.54) is 6.07 Å². The van der Waals surface area contributed by atoms with Crippen molar-refractivity contribution in [1.82, 2.24) is 10.2 Å². The van der Waals surface area contributed by atoms with Crippen LogP contribution < -0.4 is 5.32 Å². The molecule has 1 rings (SSSR count). The van der Waals surface area contributed by atoms with Gasteiger partial charge in [-0.15, -0.1) is 0 Å². The summed E-state index contributed by atoms with van der Waals surface area (Å²) in [7, 11) is 2.05. The number of rotatable bonds is 10. The first-order valence-electron chi connectivity index (χ1n) is 7.33. The van der Waals surface area contributed by atoms with E-state index >= 15 is 0 Å². The van der Waals surface area contributed by atoms with Crippen molar-refractivity contribution in [3.63, 3.8) is 0 Å². The van der Waals surface area contributed by atoms with Gasteiger partial charge in [0.2, 0.25) is 0 Å². The molecule has 0 saturated carbocycles. The second-order valence-electron chi connectivity index (χ2n) is 5.39. The summed E-state index contributed by atoms with van der Waals surface area (Å²) >= 11 is 0. The maximum atomic E-state index is 13.1. The zero-order valence-corrected chi connectivity index (χ0v) is 12.9. The standard InChI is InChI=1S/C16H27FN2O/c1-14(2)20-11-5-8-18-9-10-19(3)13-15-6-4-7-16(17)12-15/h4,6-7,12,14,18H,5,8-11,13H2,1-3H3. The van der Waals surface area contributed by atoms with Gasteiger partial charge >= 0.3 is 0 Å². The molecule has 0 amide bonds. The second kappa shape index (κ2) is 9.86. The molecule has 3 nitrogen and oxygen atoms in total. The van der Waals surface area contributed by atoms with Crippen LogP contribution >= 0.6 is 0 Å². The van der Waals surface area contributed by atoms with E-state index in [2.05, 4.69) is 31.1 Å². The van der Waals surface area contributed by atoms with Gasteiger partial charge in [-0.3, -0.25) is 0 Å². The molecular weight excluding hydrogens is 255 g/mol. The Morgan fingerprint density at radius 2 is 2.10 bits per heavy atom. The molecule has 0 saturated heterocycles. The third kappa shape index (κ3) is 8.25. The van der Waals surface area contributed by atoms with Gasteiger partial charge in [-0.25, -0.2) is 4.39 Å². The molecule has 0 radical (unpaired) electrons. The zero-order valence-electron chi connectivity index (χ0n) is 12.9. The molecule has 0 atom stereocenters. The number of hydrogen-bond donors (Lipinski definition) is 1. The lowest BCUT2D eigenvalue weighted by Gasteiger charge is -2.17. The van der Waals surface area contributed by atoms with Crippen molar-refractivity contribution in [2.24, 2.45) is 0 Å². The van der Waals surface area contributed by atoms with E-state index in [0.29, 0.717) is 6.10 Å². The SMILES string of the molecule is CC(C)OCCCNCCN(C)Cc1cccc(F)c1. The van der Waals surface area contributed by atoms with Crippen LogP contribution in [-0.4, -0.2) is 44.3 Å². The van der Waals surface area contributed by atoms with Crippen LogP contribution in [-0.2, 0) is 11.3 Å². The average Bonchev–Trinajstić information content (AvgIpc) is 2.37. The topological polar surface area (TPSA) is 24.5 Å². The van der Waals surface area contributed by atoms with Gasteiger partial charge in [0.15, 0.2) is 0 Å². The van der Waals surface area contributed by atoms with E-state index in [1.54, 1.807) is 12.1 Å². The predicted octanol–water partition coefficient (Wildman–Crippen LogP) is 2.66. The first kappa shape index (κ1) is 17.1. The Balaban J connectivity index is 2.04. The largest absolute Gasteiger partial charge is 0.379 e. The molecular formula is C16H27FN2O. The Hall–Kier alpha value is -0.970. The lowest BCUT2D eigenvalue weighted by Crippen LogP contribution is -2.30. The summed E-state index contributed by atoms with van der Waals surface area (Å²) in [5.41, 5.74) is 1.01. The van der Waals surface area contributed by atoms with E-state index in [0.717, 1.165) is 44.8 Å². The molecule has 0 unspecified atom stereocenters. The molecule has 0 heterocycles. The van der Waals surface area contributed by atoms with Crippen molar-refractivity contribution < 1.29 is 9.13 Å². The number of likely N-dealkylation sites (N-methyl/N-ethyl adjacent to an activating group) is 1. The molecule has 1 aromatic rings. The van der Waals surface area contributed by atoms with E-state index in [4.69, 9.17) is 4.74 Å². The molecule has 20 heavy (non-hydrogen) atoms. The molecule has 114 valence electrons. The molecule has 0 fully saturated rings.